The zero-order chi connectivity index (χ0) is 14.8. The van der Waals surface area contributed by atoms with Crippen molar-refractivity contribution in [3.8, 4) is 0 Å². The summed E-state index contributed by atoms with van der Waals surface area (Å²) in [5, 5.41) is 3.04. The minimum absolute atomic E-state index is 0.0397. The van der Waals surface area contributed by atoms with Crippen molar-refractivity contribution in [3.63, 3.8) is 0 Å². The van der Waals surface area contributed by atoms with Gasteiger partial charge in [0.15, 0.2) is 0 Å². The maximum Gasteiger partial charge on any atom is 0.242 e. The first-order valence-electron chi connectivity index (χ1n) is 6.57. The van der Waals surface area contributed by atoms with Crippen LogP contribution in [0.5, 0.6) is 0 Å². The van der Waals surface area contributed by atoms with E-state index in [1.807, 2.05) is 6.92 Å². The molecule has 2 N–H and O–H groups in total. The normalized spacial score (nSPS) is 18.5. The van der Waals surface area contributed by atoms with Crippen molar-refractivity contribution in [2.24, 2.45) is 0 Å². The maximum atomic E-state index is 12.3. The molecule has 20 heavy (non-hydrogen) atoms. The molecule has 0 aromatic heterocycles. The topological polar surface area (TPSA) is 75.3 Å². The summed E-state index contributed by atoms with van der Waals surface area (Å²) in [6.45, 7) is 2.34. The van der Waals surface area contributed by atoms with E-state index in [1.54, 1.807) is 30.5 Å². The highest BCUT2D eigenvalue weighted by molar-refractivity contribution is 7.89. The Balaban J connectivity index is 2.15. The monoisotopic (exact) mass is 316 g/mol. The summed E-state index contributed by atoms with van der Waals surface area (Å²) >= 11 is 0. The molecule has 1 fully saturated rings. The van der Waals surface area contributed by atoms with Crippen LogP contribution < -0.4 is 10.0 Å². The van der Waals surface area contributed by atoms with E-state index in [0.717, 1.165) is 12.8 Å². The Labute approximate surface area is 122 Å². The molecular formula is C13H20N2O3S2. The summed E-state index contributed by atoms with van der Waals surface area (Å²) in [5.74, 6) is 0. The van der Waals surface area contributed by atoms with Gasteiger partial charge in [0.2, 0.25) is 10.0 Å². The predicted octanol–water partition coefficient (Wildman–Crippen LogP) is 1.31. The molecule has 0 spiro atoms. The molecule has 0 radical (unpaired) electrons. The van der Waals surface area contributed by atoms with E-state index in [9.17, 15) is 12.6 Å². The first-order chi connectivity index (χ1) is 9.40. The molecule has 2 rings (SSSR count). The van der Waals surface area contributed by atoms with Crippen molar-refractivity contribution in [3.05, 3.63) is 24.3 Å². The Hall–Kier alpha value is -0.920. The van der Waals surface area contributed by atoms with Gasteiger partial charge in [-0.25, -0.2) is 13.1 Å². The van der Waals surface area contributed by atoms with E-state index in [0.29, 0.717) is 12.2 Å². The van der Waals surface area contributed by atoms with Crippen LogP contribution in [0.25, 0.3) is 0 Å². The van der Waals surface area contributed by atoms with E-state index < -0.39 is 20.8 Å². The third kappa shape index (κ3) is 4.04. The maximum absolute atomic E-state index is 12.3. The third-order valence-corrected chi connectivity index (χ3v) is 6.10. The summed E-state index contributed by atoms with van der Waals surface area (Å²) in [6, 6.07) is 6.88. The Morgan fingerprint density at radius 2 is 2.00 bits per heavy atom. The van der Waals surface area contributed by atoms with Gasteiger partial charge in [-0.1, -0.05) is 12.1 Å². The van der Waals surface area contributed by atoms with Gasteiger partial charge >= 0.3 is 0 Å². The lowest BCUT2D eigenvalue weighted by Gasteiger charge is -2.15. The highest BCUT2D eigenvalue weighted by Gasteiger charge is 2.29. The zero-order valence-electron chi connectivity index (χ0n) is 11.6. The second-order valence-electron chi connectivity index (χ2n) is 5.08. The number of nitrogens with one attached hydrogen (secondary N) is 2. The van der Waals surface area contributed by atoms with Gasteiger partial charge in [-0.05, 0) is 31.9 Å². The molecule has 7 heteroatoms. The van der Waals surface area contributed by atoms with E-state index in [1.165, 1.54) is 0 Å². The van der Waals surface area contributed by atoms with E-state index in [4.69, 9.17) is 0 Å². The largest absolute Gasteiger partial charge is 0.383 e. The fourth-order valence-electron chi connectivity index (χ4n) is 1.70. The molecule has 1 aliphatic carbocycles. The summed E-state index contributed by atoms with van der Waals surface area (Å²) < 4.78 is 38.6. The van der Waals surface area contributed by atoms with Crippen LogP contribution in [-0.4, -0.2) is 36.7 Å². The molecule has 0 bridgehead atoms. The van der Waals surface area contributed by atoms with Gasteiger partial charge in [0.05, 0.1) is 5.69 Å². The van der Waals surface area contributed by atoms with Gasteiger partial charge in [-0.15, -0.1) is 0 Å². The van der Waals surface area contributed by atoms with Crippen molar-refractivity contribution in [2.75, 3.05) is 18.1 Å². The standard InChI is InChI=1S/C13H20N2O3S2/c1-10(19(2)16)9-14-12-5-3-4-6-13(12)20(17,18)15-11-7-8-11/h3-6,10-11,14-15H,7-9H2,1-2H3. The van der Waals surface area contributed by atoms with Gasteiger partial charge in [-0.3, -0.25) is 4.21 Å². The molecular weight excluding hydrogens is 296 g/mol. The number of benzene rings is 1. The van der Waals surface area contributed by atoms with Gasteiger partial charge in [0, 0.05) is 34.9 Å². The van der Waals surface area contributed by atoms with Crippen LogP contribution in [0.15, 0.2) is 29.2 Å². The molecule has 1 aliphatic rings. The second kappa shape index (κ2) is 6.24. The van der Waals surface area contributed by atoms with Gasteiger partial charge < -0.3 is 5.32 Å². The van der Waals surface area contributed by atoms with Crippen LogP contribution in [0.2, 0.25) is 0 Å². The lowest BCUT2D eigenvalue weighted by molar-refractivity contribution is 0.581. The van der Waals surface area contributed by atoms with Gasteiger partial charge in [0.1, 0.15) is 4.90 Å². The molecule has 2 unspecified atom stereocenters. The lowest BCUT2D eigenvalue weighted by atomic mass is 10.3. The SMILES string of the molecule is CC(CNc1ccccc1S(=O)(=O)NC1CC1)S(C)=O. The van der Waals surface area contributed by atoms with E-state index >= 15 is 0 Å². The van der Waals surface area contributed by atoms with E-state index in [-0.39, 0.29) is 16.2 Å². The number of hydrogen-bond acceptors (Lipinski definition) is 4. The van der Waals surface area contributed by atoms with Gasteiger partial charge in [-0.2, -0.15) is 0 Å². The fourth-order valence-corrected chi connectivity index (χ4v) is 3.51. The third-order valence-electron chi connectivity index (χ3n) is 3.22. The number of anilines is 1. The molecule has 1 saturated carbocycles. The molecule has 0 aliphatic heterocycles. The second-order valence-corrected chi connectivity index (χ2v) is 8.57. The number of para-hydroxylation sites is 1. The summed E-state index contributed by atoms with van der Waals surface area (Å²) in [5.41, 5.74) is 0.554. The van der Waals surface area contributed by atoms with Crippen LogP contribution in [-0.2, 0) is 20.8 Å². The lowest BCUT2D eigenvalue weighted by Crippen LogP contribution is -2.27. The van der Waals surface area contributed by atoms with Crippen molar-refractivity contribution in [1.82, 2.24) is 4.72 Å². The van der Waals surface area contributed by atoms with Crippen LogP contribution >= 0.6 is 0 Å². The molecule has 0 heterocycles. The molecule has 1 aromatic rings. The minimum Gasteiger partial charge on any atom is -0.383 e. The smallest absolute Gasteiger partial charge is 0.242 e. The first kappa shape index (κ1) is 15.5. The Morgan fingerprint density at radius 1 is 1.35 bits per heavy atom. The molecule has 5 nitrogen and oxygen atoms in total. The highest BCUT2D eigenvalue weighted by atomic mass is 32.2. The molecule has 2 atom stereocenters. The van der Waals surface area contributed by atoms with Crippen molar-refractivity contribution >= 4 is 26.5 Å². The first-order valence-corrected chi connectivity index (χ1v) is 9.68. The molecule has 1 aromatic carbocycles. The average molecular weight is 316 g/mol. The minimum atomic E-state index is -3.48. The fraction of sp³-hybridized carbons (Fsp3) is 0.538. The Bertz CT molecular complexity index is 597. The molecule has 0 amide bonds. The predicted molar refractivity (Wildman–Crippen MR) is 81.8 cm³/mol. The Kier molecular flexibility index (Phi) is 4.82. The average Bonchev–Trinajstić information content (AvgIpc) is 3.19. The van der Waals surface area contributed by atoms with Gasteiger partial charge in [0.25, 0.3) is 0 Å². The van der Waals surface area contributed by atoms with Crippen LogP contribution in [0.1, 0.15) is 19.8 Å². The quantitative estimate of drug-likeness (QED) is 0.795. The highest BCUT2D eigenvalue weighted by Crippen LogP contribution is 2.25. The number of rotatable bonds is 7. The summed E-state index contributed by atoms with van der Waals surface area (Å²) in [4.78, 5) is 0.251. The Morgan fingerprint density at radius 3 is 2.60 bits per heavy atom. The number of sulfonamides is 1. The van der Waals surface area contributed by atoms with Crippen molar-refractivity contribution in [2.45, 2.75) is 36.0 Å². The van der Waals surface area contributed by atoms with Crippen LogP contribution in [0, 0.1) is 0 Å². The van der Waals surface area contributed by atoms with Crippen LogP contribution in [0.4, 0.5) is 5.69 Å². The van der Waals surface area contributed by atoms with E-state index in [2.05, 4.69) is 10.0 Å². The molecule has 112 valence electrons. The van der Waals surface area contributed by atoms with Crippen molar-refractivity contribution < 1.29 is 12.6 Å². The number of hydrogen-bond donors (Lipinski definition) is 2. The van der Waals surface area contributed by atoms with Crippen molar-refractivity contribution in [1.29, 1.82) is 0 Å². The van der Waals surface area contributed by atoms with Crippen LogP contribution in [0.3, 0.4) is 0 Å². The zero-order valence-corrected chi connectivity index (χ0v) is 13.3. The molecule has 0 saturated heterocycles. The summed E-state index contributed by atoms with van der Waals surface area (Å²) in [7, 11) is -4.42. The summed E-state index contributed by atoms with van der Waals surface area (Å²) in [6.07, 6.45) is 3.45.